The summed E-state index contributed by atoms with van der Waals surface area (Å²) in [6, 6.07) is 4.53. The highest BCUT2D eigenvalue weighted by molar-refractivity contribution is 7.89. The fourth-order valence-corrected chi connectivity index (χ4v) is 2.45. The molecular formula is C12H11ClFN3O2S. The summed E-state index contributed by atoms with van der Waals surface area (Å²) in [7, 11) is -3.75. The number of rotatable bonds is 4. The van der Waals surface area contributed by atoms with E-state index in [1.807, 2.05) is 0 Å². The Hall–Kier alpha value is -1.57. The Labute approximate surface area is 120 Å². The van der Waals surface area contributed by atoms with Gasteiger partial charge >= 0.3 is 0 Å². The zero-order valence-electron chi connectivity index (χ0n) is 10.5. The van der Waals surface area contributed by atoms with Crippen molar-refractivity contribution in [3.63, 3.8) is 0 Å². The van der Waals surface area contributed by atoms with Crippen LogP contribution in [0.15, 0.2) is 35.5 Å². The maximum Gasteiger partial charge on any atom is 0.243 e. The van der Waals surface area contributed by atoms with Crippen molar-refractivity contribution in [1.29, 1.82) is 0 Å². The summed E-state index contributed by atoms with van der Waals surface area (Å²) in [5.74, 6) is -0.378. The first kappa shape index (κ1) is 14.8. The number of nitrogens with one attached hydrogen (secondary N) is 1. The molecule has 8 heteroatoms. The Kier molecular flexibility index (Phi) is 4.32. The van der Waals surface area contributed by atoms with Crippen LogP contribution in [-0.2, 0) is 16.6 Å². The maximum absolute atomic E-state index is 13.4. The topological polar surface area (TPSA) is 72.0 Å². The van der Waals surface area contributed by atoms with E-state index in [-0.39, 0.29) is 22.5 Å². The van der Waals surface area contributed by atoms with Crippen LogP contribution in [0.4, 0.5) is 4.39 Å². The van der Waals surface area contributed by atoms with Crippen LogP contribution in [0.5, 0.6) is 0 Å². The molecule has 0 atom stereocenters. The zero-order chi connectivity index (χ0) is 14.8. The molecule has 0 saturated heterocycles. The fourth-order valence-electron chi connectivity index (χ4n) is 1.45. The van der Waals surface area contributed by atoms with Crippen LogP contribution in [0, 0.1) is 12.7 Å². The van der Waals surface area contributed by atoms with Crippen LogP contribution in [0.1, 0.15) is 11.1 Å². The lowest BCUT2D eigenvalue weighted by atomic mass is 10.1. The standard InChI is InChI=1S/C12H11ClFN3O2S/c1-8-2-3-9(4-11(8)14)5-17-20(18,19)10-6-15-12(13)16-7-10/h2-4,6-7,17H,5H2,1H3. The predicted octanol–water partition coefficient (Wildman–Crippen LogP) is 2.06. The van der Waals surface area contributed by atoms with E-state index < -0.39 is 10.0 Å². The molecule has 0 aliphatic rings. The first-order valence-electron chi connectivity index (χ1n) is 5.61. The number of sulfonamides is 1. The third kappa shape index (κ3) is 3.50. The molecule has 0 radical (unpaired) electrons. The number of aryl methyl sites for hydroxylation is 1. The van der Waals surface area contributed by atoms with Gasteiger partial charge < -0.3 is 0 Å². The molecule has 0 aliphatic heterocycles. The second-order valence-corrected chi connectivity index (χ2v) is 6.20. The molecule has 2 aromatic rings. The summed E-state index contributed by atoms with van der Waals surface area (Å²) in [5.41, 5.74) is 1.02. The Bertz CT molecular complexity index is 720. The molecule has 1 aromatic carbocycles. The molecule has 0 spiro atoms. The summed E-state index contributed by atoms with van der Waals surface area (Å²) in [5, 5.41) is -0.0374. The van der Waals surface area contributed by atoms with Gasteiger partial charge in [-0.3, -0.25) is 0 Å². The fraction of sp³-hybridized carbons (Fsp3) is 0.167. The molecule has 1 heterocycles. The SMILES string of the molecule is Cc1ccc(CNS(=O)(=O)c2cnc(Cl)nc2)cc1F. The van der Waals surface area contributed by atoms with Crippen molar-refractivity contribution >= 4 is 21.6 Å². The first-order chi connectivity index (χ1) is 9.38. The minimum atomic E-state index is -3.75. The normalized spacial score (nSPS) is 11.6. The molecule has 0 bridgehead atoms. The third-order valence-corrected chi connectivity index (χ3v) is 4.16. The van der Waals surface area contributed by atoms with E-state index in [4.69, 9.17) is 11.6 Å². The van der Waals surface area contributed by atoms with E-state index in [1.54, 1.807) is 19.1 Å². The monoisotopic (exact) mass is 315 g/mol. The van der Waals surface area contributed by atoms with E-state index in [1.165, 1.54) is 6.07 Å². The number of aromatic nitrogens is 2. The lowest BCUT2D eigenvalue weighted by Gasteiger charge is -2.07. The predicted molar refractivity (Wildman–Crippen MR) is 72.2 cm³/mol. The summed E-state index contributed by atoms with van der Waals surface area (Å²) in [4.78, 5) is 7.10. The largest absolute Gasteiger partial charge is 0.243 e. The zero-order valence-corrected chi connectivity index (χ0v) is 12.0. The molecule has 0 amide bonds. The quantitative estimate of drug-likeness (QED) is 0.877. The second-order valence-electron chi connectivity index (χ2n) is 4.10. The summed E-state index contributed by atoms with van der Waals surface area (Å²) in [6.07, 6.45) is 2.21. The smallest absolute Gasteiger partial charge is 0.225 e. The Morgan fingerprint density at radius 3 is 2.55 bits per heavy atom. The van der Waals surface area contributed by atoms with Crippen LogP contribution in [0.2, 0.25) is 5.28 Å². The molecule has 1 aromatic heterocycles. The Morgan fingerprint density at radius 2 is 1.95 bits per heavy atom. The Morgan fingerprint density at radius 1 is 1.30 bits per heavy atom. The number of halogens is 2. The van der Waals surface area contributed by atoms with Gasteiger partial charge in [0.2, 0.25) is 15.3 Å². The molecule has 2 rings (SSSR count). The minimum Gasteiger partial charge on any atom is -0.225 e. The average Bonchev–Trinajstić information content (AvgIpc) is 2.41. The molecule has 0 fully saturated rings. The van der Waals surface area contributed by atoms with Crippen molar-refractivity contribution in [1.82, 2.24) is 14.7 Å². The average molecular weight is 316 g/mol. The second kappa shape index (κ2) is 5.82. The molecular weight excluding hydrogens is 305 g/mol. The van der Waals surface area contributed by atoms with Gasteiger partial charge in [0.1, 0.15) is 10.7 Å². The van der Waals surface area contributed by atoms with E-state index in [0.717, 1.165) is 12.4 Å². The van der Waals surface area contributed by atoms with E-state index in [9.17, 15) is 12.8 Å². The molecule has 1 N–H and O–H groups in total. The van der Waals surface area contributed by atoms with Gasteiger partial charge in [0, 0.05) is 6.54 Å². The van der Waals surface area contributed by atoms with Crippen molar-refractivity contribution in [3.8, 4) is 0 Å². The Balaban J connectivity index is 2.13. The van der Waals surface area contributed by atoms with Crippen LogP contribution in [0.3, 0.4) is 0 Å². The number of hydrogen-bond acceptors (Lipinski definition) is 4. The van der Waals surface area contributed by atoms with Crippen molar-refractivity contribution < 1.29 is 12.8 Å². The molecule has 0 saturated carbocycles. The highest BCUT2D eigenvalue weighted by Gasteiger charge is 2.15. The van der Waals surface area contributed by atoms with Crippen molar-refractivity contribution in [2.75, 3.05) is 0 Å². The number of hydrogen-bond donors (Lipinski definition) is 1. The molecule has 0 aliphatic carbocycles. The van der Waals surface area contributed by atoms with Crippen LogP contribution >= 0.6 is 11.6 Å². The molecule has 0 unspecified atom stereocenters. The summed E-state index contributed by atoms with van der Waals surface area (Å²) in [6.45, 7) is 1.61. The van der Waals surface area contributed by atoms with Crippen molar-refractivity contribution in [2.24, 2.45) is 0 Å². The van der Waals surface area contributed by atoms with Gasteiger partial charge in [-0.2, -0.15) is 0 Å². The number of benzene rings is 1. The lowest BCUT2D eigenvalue weighted by Crippen LogP contribution is -2.23. The summed E-state index contributed by atoms with van der Waals surface area (Å²) >= 11 is 5.49. The van der Waals surface area contributed by atoms with E-state index in [0.29, 0.717) is 11.1 Å². The molecule has 20 heavy (non-hydrogen) atoms. The van der Waals surface area contributed by atoms with Gasteiger partial charge in [0.05, 0.1) is 12.4 Å². The van der Waals surface area contributed by atoms with E-state index >= 15 is 0 Å². The van der Waals surface area contributed by atoms with Crippen molar-refractivity contribution in [3.05, 3.63) is 52.8 Å². The maximum atomic E-state index is 13.4. The van der Waals surface area contributed by atoms with Gasteiger partial charge in [0.25, 0.3) is 0 Å². The first-order valence-corrected chi connectivity index (χ1v) is 7.47. The van der Waals surface area contributed by atoms with Crippen LogP contribution in [0.25, 0.3) is 0 Å². The van der Waals surface area contributed by atoms with Crippen LogP contribution < -0.4 is 4.72 Å². The van der Waals surface area contributed by atoms with Crippen LogP contribution in [-0.4, -0.2) is 18.4 Å². The van der Waals surface area contributed by atoms with Gasteiger partial charge in [-0.15, -0.1) is 0 Å². The van der Waals surface area contributed by atoms with Gasteiger partial charge in [-0.25, -0.2) is 27.5 Å². The highest BCUT2D eigenvalue weighted by Crippen LogP contribution is 2.11. The van der Waals surface area contributed by atoms with Gasteiger partial charge in [0.15, 0.2) is 0 Å². The lowest BCUT2D eigenvalue weighted by molar-refractivity contribution is 0.579. The van der Waals surface area contributed by atoms with Crippen molar-refractivity contribution in [2.45, 2.75) is 18.4 Å². The summed E-state index contributed by atoms with van der Waals surface area (Å²) < 4.78 is 39.6. The molecule has 106 valence electrons. The number of nitrogens with zero attached hydrogens (tertiary/aromatic N) is 2. The van der Waals surface area contributed by atoms with Gasteiger partial charge in [-0.1, -0.05) is 12.1 Å². The van der Waals surface area contributed by atoms with E-state index in [2.05, 4.69) is 14.7 Å². The molecule has 5 nitrogen and oxygen atoms in total. The third-order valence-electron chi connectivity index (χ3n) is 2.61. The minimum absolute atomic E-state index is 0.0256. The van der Waals surface area contributed by atoms with Gasteiger partial charge in [-0.05, 0) is 35.7 Å². The highest BCUT2D eigenvalue weighted by atomic mass is 35.5.